The van der Waals surface area contributed by atoms with Gasteiger partial charge >= 0.3 is 0 Å². The monoisotopic (exact) mass is 340 g/mol. The number of carbonyl (C=O) groups is 1. The second kappa shape index (κ2) is 6.03. The van der Waals surface area contributed by atoms with Crippen LogP contribution in [0, 0.1) is 0 Å². The van der Waals surface area contributed by atoms with Gasteiger partial charge in [-0.3, -0.25) is 4.79 Å². The fourth-order valence-corrected chi connectivity index (χ4v) is 2.69. The smallest absolute Gasteiger partial charge is 0.269 e. The van der Waals surface area contributed by atoms with Gasteiger partial charge in [-0.2, -0.15) is 0 Å². The van der Waals surface area contributed by atoms with Gasteiger partial charge in [0.15, 0.2) is 5.13 Å². The van der Waals surface area contributed by atoms with Crippen molar-refractivity contribution in [3.05, 3.63) is 33.6 Å². The topological polar surface area (TPSA) is 80.0 Å². The molecule has 0 aliphatic heterocycles. The number of aromatic nitrogens is 1. The Kier molecular flexibility index (Phi) is 4.39. The molecule has 4 N–H and O–H groups in total. The lowest BCUT2D eigenvalue weighted by atomic mass is 10.3. The van der Waals surface area contributed by atoms with Gasteiger partial charge in [0.2, 0.25) is 0 Å². The van der Waals surface area contributed by atoms with Crippen LogP contribution < -0.4 is 16.4 Å². The maximum atomic E-state index is 12.1. The summed E-state index contributed by atoms with van der Waals surface area (Å²) < 4.78 is 0.818. The molecule has 0 unspecified atom stereocenters. The van der Waals surface area contributed by atoms with Crippen LogP contribution in [0.2, 0.25) is 0 Å². The normalized spacial score (nSPS) is 10.2. The number of para-hydroxylation sites is 1. The van der Waals surface area contributed by atoms with Crippen molar-refractivity contribution in [1.29, 1.82) is 0 Å². The van der Waals surface area contributed by atoms with Crippen LogP contribution in [0.15, 0.2) is 28.7 Å². The first-order valence-electron chi connectivity index (χ1n) is 5.68. The third-order valence-electron chi connectivity index (χ3n) is 2.31. The van der Waals surface area contributed by atoms with Crippen LogP contribution in [0.4, 0.5) is 16.6 Å². The van der Waals surface area contributed by atoms with Crippen LogP contribution in [-0.4, -0.2) is 17.4 Å². The standard InChI is InChI=1S/C12H13BrN4OS/c1-2-15-12-17-10(14)9(19-12)11(18)16-8-6-4-3-5-7(8)13/h3-6H,2,14H2,1H3,(H,15,17)(H,16,18). The van der Waals surface area contributed by atoms with Gasteiger partial charge in [0.25, 0.3) is 5.91 Å². The van der Waals surface area contributed by atoms with Gasteiger partial charge in [-0.1, -0.05) is 23.5 Å². The number of nitrogens with two attached hydrogens (primary N) is 1. The second-order valence-electron chi connectivity index (χ2n) is 3.70. The Bertz CT molecular complexity index is 599. The van der Waals surface area contributed by atoms with Crippen LogP contribution in [0.5, 0.6) is 0 Å². The number of nitrogens with one attached hydrogen (secondary N) is 2. The molecule has 1 aromatic carbocycles. The average molecular weight is 341 g/mol. The number of halogens is 1. The molecule has 5 nitrogen and oxygen atoms in total. The first kappa shape index (κ1) is 13.8. The SMILES string of the molecule is CCNc1nc(N)c(C(=O)Nc2ccccc2Br)s1. The molecule has 2 aromatic rings. The zero-order valence-corrected chi connectivity index (χ0v) is 12.6. The van der Waals surface area contributed by atoms with Gasteiger partial charge in [-0.05, 0) is 35.0 Å². The summed E-state index contributed by atoms with van der Waals surface area (Å²) in [6, 6.07) is 7.39. The van der Waals surface area contributed by atoms with E-state index in [-0.39, 0.29) is 11.7 Å². The first-order chi connectivity index (χ1) is 9.11. The Hall–Kier alpha value is -1.60. The highest BCUT2D eigenvalue weighted by atomic mass is 79.9. The van der Waals surface area contributed by atoms with Crippen molar-refractivity contribution >= 4 is 49.8 Å². The Balaban J connectivity index is 2.18. The predicted molar refractivity (Wildman–Crippen MR) is 82.8 cm³/mol. The van der Waals surface area contributed by atoms with Crippen molar-refractivity contribution in [3.63, 3.8) is 0 Å². The minimum atomic E-state index is -0.258. The van der Waals surface area contributed by atoms with Gasteiger partial charge in [-0.15, -0.1) is 0 Å². The highest BCUT2D eigenvalue weighted by Crippen LogP contribution is 2.27. The van der Waals surface area contributed by atoms with Crippen LogP contribution >= 0.6 is 27.3 Å². The van der Waals surface area contributed by atoms with E-state index in [0.29, 0.717) is 15.7 Å². The van der Waals surface area contributed by atoms with Crippen molar-refractivity contribution in [2.45, 2.75) is 6.92 Å². The molecule has 19 heavy (non-hydrogen) atoms. The van der Waals surface area contributed by atoms with E-state index in [0.717, 1.165) is 11.0 Å². The zero-order valence-electron chi connectivity index (χ0n) is 10.2. The number of carbonyl (C=O) groups excluding carboxylic acids is 1. The molecule has 0 radical (unpaired) electrons. The molecule has 1 heterocycles. The van der Waals surface area contributed by atoms with Crippen molar-refractivity contribution < 1.29 is 4.79 Å². The molecule has 0 fully saturated rings. The molecule has 0 bridgehead atoms. The van der Waals surface area contributed by atoms with Gasteiger partial charge in [0, 0.05) is 11.0 Å². The largest absolute Gasteiger partial charge is 0.382 e. The number of hydrogen-bond donors (Lipinski definition) is 3. The molecule has 0 saturated carbocycles. The van der Waals surface area contributed by atoms with E-state index in [4.69, 9.17) is 5.73 Å². The summed E-state index contributed by atoms with van der Waals surface area (Å²) in [4.78, 5) is 16.6. The van der Waals surface area contributed by atoms with E-state index in [2.05, 4.69) is 31.5 Å². The Morgan fingerprint density at radius 1 is 1.47 bits per heavy atom. The van der Waals surface area contributed by atoms with Crippen LogP contribution in [0.25, 0.3) is 0 Å². The molecule has 0 aliphatic carbocycles. The molecule has 0 atom stereocenters. The summed E-state index contributed by atoms with van der Waals surface area (Å²) in [7, 11) is 0. The number of anilines is 3. The highest BCUT2D eigenvalue weighted by molar-refractivity contribution is 9.10. The van der Waals surface area contributed by atoms with E-state index < -0.39 is 0 Å². The van der Waals surface area contributed by atoms with Crippen LogP contribution in [0.1, 0.15) is 16.6 Å². The lowest BCUT2D eigenvalue weighted by Crippen LogP contribution is -2.12. The van der Waals surface area contributed by atoms with Crippen LogP contribution in [0.3, 0.4) is 0 Å². The summed E-state index contributed by atoms with van der Waals surface area (Å²) in [6.07, 6.45) is 0. The third kappa shape index (κ3) is 3.24. The van der Waals surface area contributed by atoms with E-state index in [1.165, 1.54) is 11.3 Å². The molecular weight excluding hydrogens is 328 g/mol. The number of thiazole rings is 1. The number of nitrogen functional groups attached to an aromatic ring is 1. The van der Waals surface area contributed by atoms with Crippen molar-refractivity contribution in [2.75, 3.05) is 22.9 Å². The van der Waals surface area contributed by atoms with Crippen molar-refractivity contribution in [3.8, 4) is 0 Å². The number of amides is 1. The number of nitrogens with zero attached hydrogens (tertiary/aromatic N) is 1. The minimum absolute atomic E-state index is 0.241. The molecular formula is C12H13BrN4OS. The Morgan fingerprint density at radius 3 is 2.89 bits per heavy atom. The number of rotatable bonds is 4. The molecule has 2 rings (SSSR count). The van der Waals surface area contributed by atoms with Gasteiger partial charge in [-0.25, -0.2) is 4.98 Å². The van der Waals surface area contributed by atoms with E-state index >= 15 is 0 Å². The Morgan fingerprint density at radius 2 is 2.21 bits per heavy atom. The quantitative estimate of drug-likeness (QED) is 0.798. The molecule has 0 aliphatic rings. The summed E-state index contributed by atoms with van der Waals surface area (Å²) in [6.45, 7) is 2.69. The minimum Gasteiger partial charge on any atom is -0.382 e. The van der Waals surface area contributed by atoms with Gasteiger partial charge in [0.05, 0.1) is 5.69 Å². The first-order valence-corrected chi connectivity index (χ1v) is 7.28. The summed E-state index contributed by atoms with van der Waals surface area (Å²) in [5.74, 6) is -0.0171. The highest BCUT2D eigenvalue weighted by Gasteiger charge is 2.16. The Labute approximate surface area is 123 Å². The van der Waals surface area contributed by atoms with E-state index in [1.807, 2.05) is 31.2 Å². The van der Waals surface area contributed by atoms with Crippen molar-refractivity contribution in [2.24, 2.45) is 0 Å². The fourth-order valence-electron chi connectivity index (χ4n) is 1.46. The van der Waals surface area contributed by atoms with Gasteiger partial charge < -0.3 is 16.4 Å². The zero-order chi connectivity index (χ0) is 13.8. The summed E-state index contributed by atoms with van der Waals surface area (Å²) in [5, 5.41) is 6.49. The molecule has 7 heteroatoms. The van der Waals surface area contributed by atoms with Gasteiger partial charge in [0.1, 0.15) is 10.7 Å². The molecule has 1 aromatic heterocycles. The predicted octanol–water partition coefficient (Wildman–Crippen LogP) is 3.17. The maximum absolute atomic E-state index is 12.1. The number of hydrogen-bond acceptors (Lipinski definition) is 5. The van der Waals surface area contributed by atoms with Crippen LogP contribution in [-0.2, 0) is 0 Å². The van der Waals surface area contributed by atoms with E-state index in [9.17, 15) is 4.79 Å². The fraction of sp³-hybridized carbons (Fsp3) is 0.167. The lowest BCUT2D eigenvalue weighted by molar-refractivity contribution is 0.103. The maximum Gasteiger partial charge on any atom is 0.269 e. The molecule has 100 valence electrons. The summed E-state index contributed by atoms with van der Waals surface area (Å²) in [5.41, 5.74) is 6.45. The molecule has 0 spiro atoms. The number of benzene rings is 1. The lowest BCUT2D eigenvalue weighted by Gasteiger charge is -2.05. The summed E-state index contributed by atoms with van der Waals surface area (Å²) >= 11 is 4.62. The van der Waals surface area contributed by atoms with Crippen molar-refractivity contribution in [1.82, 2.24) is 4.98 Å². The second-order valence-corrected chi connectivity index (χ2v) is 5.55. The third-order valence-corrected chi connectivity index (χ3v) is 4.03. The van der Waals surface area contributed by atoms with E-state index in [1.54, 1.807) is 0 Å². The average Bonchev–Trinajstić information content (AvgIpc) is 2.74. The molecule has 1 amide bonds. The molecule has 0 saturated heterocycles.